The number of nitrogens with zero attached hydrogens (tertiary/aromatic N) is 6. The number of hydrogen-bond acceptors (Lipinski definition) is 4. The third-order valence-electron chi connectivity index (χ3n) is 3.85. The summed E-state index contributed by atoms with van der Waals surface area (Å²) in [6.07, 6.45) is 3.24. The minimum atomic E-state index is -0.497. The molecule has 0 bridgehead atoms. The summed E-state index contributed by atoms with van der Waals surface area (Å²) in [5.74, 6) is -0.439. The summed E-state index contributed by atoms with van der Waals surface area (Å²) < 4.78 is 28.8. The Balaban J connectivity index is 1.87. The molecule has 1 aromatic carbocycles. The molecule has 0 aliphatic rings. The van der Waals surface area contributed by atoms with E-state index in [0.29, 0.717) is 17.2 Å². The monoisotopic (exact) mass is 387 g/mol. The van der Waals surface area contributed by atoms with Crippen LogP contribution >= 0.6 is 12.2 Å². The topological polar surface area (TPSA) is 53.1 Å². The number of halogens is 2. The minimum absolute atomic E-state index is 0.141. The van der Waals surface area contributed by atoms with E-state index in [2.05, 4.69) is 20.4 Å². The van der Waals surface area contributed by atoms with Gasteiger partial charge in [-0.15, -0.1) is 0 Å². The molecule has 10 heteroatoms. The number of thiocarbonyl (C=S) groups is 1. The van der Waals surface area contributed by atoms with Crippen molar-refractivity contribution < 1.29 is 8.78 Å². The van der Waals surface area contributed by atoms with Gasteiger partial charge >= 0.3 is 0 Å². The fourth-order valence-electron chi connectivity index (χ4n) is 2.40. The van der Waals surface area contributed by atoms with Gasteiger partial charge in [0.05, 0.1) is 13.2 Å². The fourth-order valence-corrected chi connectivity index (χ4v) is 2.55. The van der Waals surface area contributed by atoms with E-state index in [1.165, 1.54) is 12.1 Å². The quantitative estimate of drug-likeness (QED) is 0.422. The summed E-state index contributed by atoms with van der Waals surface area (Å²) in [5, 5.41) is 8.49. The molecule has 0 fully saturated rings. The summed E-state index contributed by atoms with van der Waals surface area (Å²) in [7, 11) is 3.26. The Morgan fingerprint density at radius 1 is 1.33 bits per heavy atom. The molecular formula is C17H15F2N7S. The second-order valence-corrected chi connectivity index (χ2v) is 6.14. The predicted octanol–water partition coefficient (Wildman–Crippen LogP) is 3.11. The summed E-state index contributed by atoms with van der Waals surface area (Å²) in [6.45, 7) is 7.12. The van der Waals surface area contributed by atoms with Crippen LogP contribution in [0.5, 0.6) is 0 Å². The highest BCUT2D eigenvalue weighted by molar-refractivity contribution is 7.80. The molecule has 3 aromatic rings. The maximum Gasteiger partial charge on any atom is 0.245 e. The molecule has 0 amide bonds. The first kappa shape index (κ1) is 18.5. The van der Waals surface area contributed by atoms with Gasteiger partial charge in [0.1, 0.15) is 23.1 Å². The van der Waals surface area contributed by atoms with Crippen molar-refractivity contribution in [2.24, 2.45) is 0 Å². The van der Waals surface area contributed by atoms with Gasteiger partial charge in [0.2, 0.25) is 5.11 Å². The summed E-state index contributed by atoms with van der Waals surface area (Å²) in [6, 6.07) is 5.05. The van der Waals surface area contributed by atoms with Crippen LogP contribution in [0.15, 0.2) is 36.7 Å². The van der Waals surface area contributed by atoms with Crippen LogP contribution in [-0.2, 0) is 6.54 Å². The Hall–Kier alpha value is -3.32. The lowest BCUT2D eigenvalue weighted by atomic mass is 10.2. The predicted molar refractivity (Wildman–Crippen MR) is 102 cm³/mol. The van der Waals surface area contributed by atoms with Crippen molar-refractivity contribution in [1.82, 2.24) is 19.6 Å². The Bertz CT molecular complexity index is 1040. The van der Waals surface area contributed by atoms with Gasteiger partial charge in [-0.1, -0.05) is 5.01 Å². The van der Waals surface area contributed by atoms with E-state index in [-0.39, 0.29) is 17.2 Å². The average Bonchev–Trinajstić information content (AvgIpc) is 3.06. The van der Waals surface area contributed by atoms with E-state index in [1.807, 2.05) is 0 Å². The highest BCUT2D eigenvalue weighted by Gasteiger charge is 2.14. The lowest BCUT2D eigenvalue weighted by Crippen LogP contribution is -2.25. The van der Waals surface area contributed by atoms with Gasteiger partial charge in [-0.25, -0.2) is 18.3 Å². The van der Waals surface area contributed by atoms with Gasteiger partial charge in [0.25, 0.3) is 0 Å². The lowest BCUT2D eigenvalue weighted by molar-refractivity contribution is 0.583. The third-order valence-corrected chi connectivity index (χ3v) is 4.21. The second-order valence-electron chi connectivity index (χ2n) is 5.76. The van der Waals surface area contributed by atoms with Crippen molar-refractivity contribution in [1.29, 1.82) is 0 Å². The fraction of sp³-hybridized carbons (Fsp3) is 0.176. The number of anilines is 2. The second kappa shape index (κ2) is 7.51. The van der Waals surface area contributed by atoms with Crippen molar-refractivity contribution in [3.63, 3.8) is 0 Å². The number of hydrogen-bond donors (Lipinski definition) is 1. The van der Waals surface area contributed by atoms with Crippen molar-refractivity contribution in [3.05, 3.63) is 65.4 Å². The van der Waals surface area contributed by atoms with Gasteiger partial charge in [-0.05, 0) is 36.5 Å². The number of benzene rings is 1. The van der Waals surface area contributed by atoms with E-state index in [1.54, 1.807) is 34.9 Å². The molecule has 0 saturated heterocycles. The smallest absolute Gasteiger partial charge is 0.245 e. The van der Waals surface area contributed by atoms with Gasteiger partial charge in [0.15, 0.2) is 5.65 Å². The van der Waals surface area contributed by atoms with Crippen LogP contribution in [-0.4, -0.2) is 38.8 Å². The van der Waals surface area contributed by atoms with Gasteiger partial charge in [-0.2, -0.15) is 16.6 Å². The van der Waals surface area contributed by atoms with Crippen LogP contribution in [0.1, 0.15) is 5.56 Å². The number of nitrogens with one attached hydrogen (secondary N) is 1. The molecule has 0 aliphatic carbocycles. The molecule has 27 heavy (non-hydrogen) atoms. The van der Waals surface area contributed by atoms with Gasteiger partial charge < -0.3 is 10.2 Å². The molecule has 1 N–H and O–H groups in total. The highest BCUT2D eigenvalue weighted by Crippen LogP contribution is 2.20. The normalized spacial score (nSPS) is 10.5. The summed E-state index contributed by atoms with van der Waals surface area (Å²) >= 11 is 5.13. The first-order valence-electron chi connectivity index (χ1n) is 7.80. The minimum Gasteiger partial charge on any atom is -0.355 e. The number of rotatable bonds is 4. The Morgan fingerprint density at radius 2 is 2.11 bits per heavy atom. The van der Waals surface area contributed by atoms with Crippen LogP contribution < -0.4 is 10.2 Å². The molecule has 0 radical (unpaired) electrons. The zero-order valence-electron chi connectivity index (χ0n) is 14.5. The number of aromatic nitrogens is 3. The average molecular weight is 387 g/mol. The highest BCUT2D eigenvalue weighted by atomic mass is 32.1. The van der Waals surface area contributed by atoms with Crippen molar-refractivity contribution >= 4 is 34.5 Å². The molecule has 3 rings (SSSR count). The van der Waals surface area contributed by atoms with E-state index in [0.717, 1.165) is 18.2 Å². The molecule has 0 spiro atoms. The zero-order chi connectivity index (χ0) is 19.6. The Morgan fingerprint density at radius 3 is 2.85 bits per heavy atom. The van der Waals surface area contributed by atoms with E-state index in [9.17, 15) is 8.78 Å². The molecule has 2 aromatic heterocycles. The molecule has 0 unspecified atom stereocenters. The molecule has 0 saturated carbocycles. The maximum absolute atomic E-state index is 13.9. The maximum atomic E-state index is 13.9. The van der Waals surface area contributed by atoms with E-state index in [4.69, 9.17) is 18.8 Å². The van der Waals surface area contributed by atoms with Crippen molar-refractivity contribution in [2.75, 3.05) is 24.3 Å². The van der Waals surface area contributed by atoms with E-state index >= 15 is 0 Å². The van der Waals surface area contributed by atoms with E-state index < -0.39 is 11.6 Å². The number of fused-ring (bicyclic) bond motifs is 1. The van der Waals surface area contributed by atoms with Gasteiger partial charge in [-0.3, -0.25) is 0 Å². The standard InChI is InChI=1S/C17H15F2N7S/c1-20-25(3)17(27)22-14-9-21-26-7-6-15(23-16(14)26)24(2)10-11-8-12(18)4-5-13(11)19/h4-9H,10H2,2-3H3,(H,22,27). The van der Waals surface area contributed by atoms with Crippen LogP contribution in [0.2, 0.25) is 0 Å². The SMILES string of the molecule is [C-]#[N+]N(C)C(=S)Nc1cnn2ccc(N(C)Cc3cc(F)ccc3F)nc12. The first-order valence-corrected chi connectivity index (χ1v) is 8.21. The summed E-state index contributed by atoms with van der Waals surface area (Å²) in [5.41, 5.74) is 1.24. The lowest BCUT2D eigenvalue weighted by Gasteiger charge is -2.19. The van der Waals surface area contributed by atoms with Crippen LogP contribution in [0, 0.1) is 18.2 Å². The molecule has 0 aliphatic heterocycles. The van der Waals surface area contributed by atoms with Crippen molar-refractivity contribution in [3.8, 4) is 0 Å². The zero-order valence-corrected chi connectivity index (χ0v) is 15.3. The van der Waals surface area contributed by atoms with Crippen LogP contribution in [0.4, 0.5) is 20.3 Å². The summed E-state index contributed by atoms with van der Waals surface area (Å²) in [4.78, 5) is 9.42. The molecular weight excluding hydrogens is 372 g/mol. The molecule has 138 valence electrons. The molecule has 7 nitrogen and oxygen atoms in total. The first-order chi connectivity index (χ1) is 12.9. The molecule has 0 atom stereocenters. The Labute approximate surface area is 159 Å². The molecule has 2 heterocycles. The van der Waals surface area contributed by atoms with Crippen LogP contribution in [0.3, 0.4) is 0 Å². The van der Waals surface area contributed by atoms with Crippen LogP contribution in [0.25, 0.3) is 10.6 Å². The van der Waals surface area contributed by atoms with Gasteiger partial charge in [0, 0.05) is 25.4 Å². The Kier molecular flexibility index (Phi) is 5.14. The van der Waals surface area contributed by atoms with Crippen molar-refractivity contribution in [2.45, 2.75) is 6.54 Å². The largest absolute Gasteiger partial charge is 0.355 e. The third kappa shape index (κ3) is 3.93.